The molecule has 4 heteroatoms. The summed E-state index contributed by atoms with van der Waals surface area (Å²) >= 11 is 0. The minimum atomic E-state index is -0.759. The molecule has 0 aromatic rings. The van der Waals surface area contributed by atoms with Crippen molar-refractivity contribution < 1.29 is 14.7 Å². The molecule has 1 N–H and O–H groups in total. The summed E-state index contributed by atoms with van der Waals surface area (Å²) in [6.07, 6.45) is 5.37. The number of carboxylic acid groups (broad SMARTS) is 1. The molecule has 1 saturated carbocycles. The van der Waals surface area contributed by atoms with Crippen LogP contribution in [-0.2, 0) is 9.63 Å². The molecule has 2 rings (SSSR count). The molecule has 0 amide bonds. The van der Waals surface area contributed by atoms with Gasteiger partial charge in [0.25, 0.3) is 0 Å². The van der Waals surface area contributed by atoms with Gasteiger partial charge in [-0.1, -0.05) is 11.6 Å². The Bertz CT molecular complexity index is 258. The zero-order chi connectivity index (χ0) is 9.97. The van der Waals surface area contributed by atoms with E-state index < -0.39 is 5.97 Å². The normalized spacial score (nSPS) is 26.6. The zero-order valence-corrected chi connectivity index (χ0v) is 8.11. The lowest BCUT2D eigenvalue weighted by atomic mass is 9.80. The maximum Gasteiger partial charge on any atom is 0.303 e. The monoisotopic (exact) mass is 197 g/mol. The molecule has 4 nitrogen and oxygen atoms in total. The number of hydrogen-bond acceptors (Lipinski definition) is 3. The van der Waals surface area contributed by atoms with E-state index in [0.717, 1.165) is 12.1 Å². The fraction of sp³-hybridized carbons (Fsp3) is 0.800. The smallest absolute Gasteiger partial charge is 0.303 e. The van der Waals surface area contributed by atoms with Crippen LogP contribution in [0.15, 0.2) is 5.16 Å². The SMILES string of the molecule is O=C(O)CCC1CC(C2CCC2)=NO1. The fourth-order valence-corrected chi connectivity index (χ4v) is 1.87. The first-order valence-electron chi connectivity index (χ1n) is 5.20. The third-order valence-corrected chi connectivity index (χ3v) is 3.01. The highest BCUT2D eigenvalue weighted by atomic mass is 16.6. The summed E-state index contributed by atoms with van der Waals surface area (Å²) in [7, 11) is 0. The second-order valence-electron chi connectivity index (χ2n) is 4.07. The van der Waals surface area contributed by atoms with Gasteiger partial charge < -0.3 is 9.94 Å². The molecule has 14 heavy (non-hydrogen) atoms. The number of carbonyl (C=O) groups is 1. The number of oxime groups is 1. The number of carboxylic acids is 1. The standard InChI is InChI=1S/C10H15NO3/c12-10(13)5-4-8-6-9(11-14-8)7-2-1-3-7/h7-8H,1-6H2,(H,12,13). The molecule has 2 aliphatic rings. The van der Waals surface area contributed by atoms with Crippen LogP contribution in [0.3, 0.4) is 0 Å². The maximum atomic E-state index is 10.3. The highest BCUT2D eigenvalue weighted by Gasteiger charge is 2.30. The van der Waals surface area contributed by atoms with Crippen molar-refractivity contribution in [3.05, 3.63) is 0 Å². The van der Waals surface area contributed by atoms with Gasteiger partial charge in [-0.3, -0.25) is 4.79 Å². The second kappa shape index (κ2) is 3.98. The van der Waals surface area contributed by atoms with Crippen LogP contribution in [0.1, 0.15) is 38.5 Å². The fourth-order valence-electron chi connectivity index (χ4n) is 1.87. The Morgan fingerprint density at radius 1 is 1.57 bits per heavy atom. The summed E-state index contributed by atoms with van der Waals surface area (Å²) in [5.74, 6) is -0.129. The summed E-state index contributed by atoms with van der Waals surface area (Å²) in [4.78, 5) is 15.5. The lowest BCUT2D eigenvalue weighted by Gasteiger charge is -2.24. The average molecular weight is 197 g/mol. The molecule has 0 bridgehead atoms. The minimum absolute atomic E-state index is 0.0155. The molecule has 1 aliphatic carbocycles. The number of hydrogen-bond donors (Lipinski definition) is 1. The Hall–Kier alpha value is -1.06. The lowest BCUT2D eigenvalue weighted by Crippen LogP contribution is -2.22. The molecule has 1 heterocycles. The number of nitrogens with zero attached hydrogens (tertiary/aromatic N) is 1. The molecule has 0 radical (unpaired) electrons. The predicted octanol–water partition coefficient (Wildman–Crippen LogP) is 1.80. The third-order valence-electron chi connectivity index (χ3n) is 3.01. The van der Waals surface area contributed by atoms with Crippen LogP contribution < -0.4 is 0 Å². The van der Waals surface area contributed by atoms with Gasteiger partial charge in [0.2, 0.25) is 0 Å². The van der Waals surface area contributed by atoms with Crippen LogP contribution in [0.5, 0.6) is 0 Å². The van der Waals surface area contributed by atoms with Gasteiger partial charge in [0.05, 0.1) is 5.71 Å². The van der Waals surface area contributed by atoms with Gasteiger partial charge in [-0.25, -0.2) is 0 Å². The van der Waals surface area contributed by atoms with Crippen molar-refractivity contribution in [3.8, 4) is 0 Å². The third kappa shape index (κ3) is 2.05. The lowest BCUT2D eigenvalue weighted by molar-refractivity contribution is -0.137. The topological polar surface area (TPSA) is 58.9 Å². The molecule has 1 atom stereocenters. The Morgan fingerprint density at radius 3 is 2.93 bits per heavy atom. The van der Waals surface area contributed by atoms with Crippen LogP contribution in [0.2, 0.25) is 0 Å². The van der Waals surface area contributed by atoms with Gasteiger partial charge in [0.15, 0.2) is 0 Å². The van der Waals surface area contributed by atoms with Crippen molar-refractivity contribution in [1.82, 2.24) is 0 Å². The molecule has 1 aliphatic heterocycles. The van der Waals surface area contributed by atoms with Gasteiger partial charge >= 0.3 is 5.97 Å². The van der Waals surface area contributed by atoms with Crippen LogP contribution in [-0.4, -0.2) is 22.9 Å². The molecule has 0 spiro atoms. The predicted molar refractivity (Wildman–Crippen MR) is 51.1 cm³/mol. The second-order valence-corrected chi connectivity index (χ2v) is 4.07. The Kier molecular flexibility index (Phi) is 2.70. The van der Waals surface area contributed by atoms with Crippen molar-refractivity contribution in [2.45, 2.75) is 44.6 Å². The van der Waals surface area contributed by atoms with Crippen molar-refractivity contribution >= 4 is 11.7 Å². The van der Waals surface area contributed by atoms with Crippen molar-refractivity contribution in [1.29, 1.82) is 0 Å². The van der Waals surface area contributed by atoms with E-state index in [9.17, 15) is 4.79 Å². The van der Waals surface area contributed by atoms with Gasteiger partial charge in [-0.2, -0.15) is 0 Å². The van der Waals surface area contributed by atoms with E-state index >= 15 is 0 Å². The largest absolute Gasteiger partial charge is 0.481 e. The minimum Gasteiger partial charge on any atom is -0.481 e. The first kappa shape index (κ1) is 9.49. The van der Waals surface area contributed by atoms with Crippen molar-refractivity contribution in [2.75, 3.05) is 0 Å². The summed E-state index contributed by atoms with van der Waals surface area (Å²) in [6, 6.07) is 0. The van der Waals surface area contributed by atoms with Gasteiger partial charge in [-0.15, -0.1) is 0 Å². The molecule has 0 aromatic carbocycles. The van der Waals surface area contributed by atoms with Crippen LogP contribution in [0, 0.1) is 5.92 Å². The molecule has 0 saturated heterocycles. The summed E-state index contributed by atoms with van der Waals surface area (Å²) in [5.41, 5.74) is 1.16. The summed E-state index contributed by atoms with van der Waals surface area (Å²) in [6.45, 7) is 0. The Morgan fingerprint density at radius 2 is 2.36 bits per heavy atom. The quantitative estimate of drug-likeness (QED) is 0.747. The van der Waals surface area contributed by atoms with E-state index in [4.69, 9.17) is 9.94 Å². The molecular formula is C10H15NO3. The zero-order valence-electron chi connectivity index (χ0n) is 8.11. The highest BCUT2D eigenvalue weighted by Crippen LogP contribution is 2.32. The highest BCUT2D eigenvalue weighted by molar-refractivity contribution is 5.88. The summed E-state index contributed by atoms with van der Waals surface area (Å²) in [5, 5.41) is 12.6. The maximum absolute atomic E-state index is 10.3. The van der Waals surface area contributed by atoms with E-state index in [0.29, 0.717) is 12.3 Å². The molecular weight excluding hydrogens is 182 g/mol. The average Bonchev–Trinajstić information content (AvgIpc) is 2.46. The first-order chi connectivity index (χ1) is 6.75. The van der Waals surface area contributed by atoms with E-state index in [1.807, 2.05) is 0 Å². The Balaban J connectivity index is 1.72. The molecule has 78 valence electrons. The number of rotatable bonds is 4. The van der Waals surface area contributed by atoms with E-state index in [2.05, 4.69) is 5.16 Å². The van der Waals surface area contributed by atoms with E-state index in [-0.39, 0.29) is 12.5 Å². The van der Waals surface area contributed by atoms with Gasteiger partial charge in [-0.05, 0) is 19.3 Å². The van der Waals surface area contributed by atoms with Crippen molar-refractivity contribution in [3.63, 3.8) is 0 Å². The Labute approximate surface area is 82.9 Å². The van der Waals surface area contributed by atoms with Crippen molar-refractivity contribution in [2.24, 2.45) is 11.1 Å². The molecule has 1 unspecified atom stereocenters. The van der Waals surface area contributed by atoms with Gasteiger partial charge in [0, 0.05) is 18.8 Å². The molecule has 0 aromatic heterocycles. The number of aliphatic carboxylic acids is 1. The summed E-state index contributed by atoms with van der Waals surface area (Å²) < 4.78 is 0. The first-order valence-corrected chi connectivity index (χ1v) is 5.20. The van der Waals surface area contributed by atoms with Gasteiger partial charge in [0.1, 0.15) is 6.10 Å². The molecule has 1 fully saturated rings. The van der Waals surface area contributed by atoms with Crippen LogP contribution in [0.25, 0.3) is 0 Å². The van der Waals surface area contributed by atoms with Crippen LogP contribution >= 0.6 is 0 Å². The van der Waals surface area contributed by atoms with E-state index in [1.54, 1.807) is 0 Å². The van der Waals surface area contributed by atoms with Crippen LogP contribution in [0.4, 0.5) is 0 Å². The van der Waals surface area contributed by atoms with E-state index in [1.165, 1.54) is 19.3 Å².